The third-order valence-electron chi connectivity index (χ3n) is 7.13. The number of ether oxygens (including phenoxy) is 2. The largest absolute Gasteiger partial charge is 0.386 e. The van der Waals surface area contributed by atoms with Gasteiger partial charge in [-0.15, -0.1) is 0 Å². The summed E-state index contributed by atoms with van der Waals surface area (Å²) in [5.74, 6) is -0.0601. The molecule has 44 heavy (non-hydrogen) atoms. The molecular weight excluding hydrogens is 660 g/mol. The summed E-state index contributed by atoms with van der Waals surface area (Å²) < 4.78 is 56.0. The van der Waals surface area contributed by atoms with E-state index in [-0.39, 0.29) is 35.7 Å². The van der Waals surface area contributed by atoms with E-state index < -0.39 is 56.5 Å². The fraction of sp³-hybridized carbons (Fsp3) is 0.435. The van der Waals surface area contributed by atoms with Gasteiger partial charge in [-0.1, -0.05) is 36.6 Å². The van der Waals surface area contributed by atoms with Crippen LogP contribution in [-0.2, 0) is 32.2 Å². The average molecular weight is 688 g/mol. The van der Waals surface area contributed by atoms with Gasteiger partial charge in [0.2, 0.25) is 5.95 Å². The van der Waals surface area contributed by atoms with Crippen molar-refractivity contribution in [3.63, 3.8) is 0 Å². The lowest BCUT2D eigenvalue weighted by Gasteiger charge is -2.23. The average Bonchev–Trinajstić information content (AvgIpc) is 3.69. The molecule has 0 bridgehead atoms. The lowest BCUT2D eigenvalue weighted by atomic mass is 10.2. The normalized spacial score (nSPS) is 26.7. The number of thiol groups is 2. The molecule has 0 saturated carbocycles. The number of hydrogen-bond acceptors (Lipinski definition) is 13. The molecule has 21 heteroatoms. The van der Waals surface area contributed by atoms with Crippen LogP contribution in [0.2, 0.25) is 0 Å². The van der Waals surface area contributed by atoms with Crippen molar-refractivity contribution in [1.29, 1.82) is 0 Å². The molecule has 2 fully saturated rings. The monoisotopic (exact) mass is 687 g/mol. The Morgan fingerprint density at radius 2 is 1.82 bits per heavy atom. The molecule has 3 aromatic heterocycles. The summed E-state index contributed by atoms with van der Waals surface area (Å²) in [7, 11) is 0. The summed E-state index contributed by atoms with van der Waals surface area (Å²) in [6.07, 6.45) is -0.270. The van der Waals surface area contributed by atoms with Gasteiger partial charge in [-0.2, -0.15) is 4.98 Å². The number of H-pyrrole nitrogens is 1. The Morgan fingerprint density at radius 1 is 1.05 bits per heavy atom. The molecule has 0 amide bonds. The zero-order valence-corrected chi connectivity index (χ0v) is 26.2. The maximum atomic E-state index is 13.3. The third kappa shape index (κ3) is 6.82. The van der Waals surface area contributed by atoms with Crippen LogP contribution < -0.4 is 16.9 Å². The highest BCUT2D eigenvalue weighted by Gasteiger charge is 2.43. The van der Waals surface area contributed by atoms with Crippen LogP contribution in [0, 0.1) is 0 Å². The van der Waals surface area contributed by atoms with Crippen molar-refractivity contribution in [2.75, 3.05) is 18.9 Å². The summed E-state index contributed by atoms with van der Waals surface area (Å²) in [6.45, 7) is -8.89. The van der Waals surface area contributed by atoms with Gasteiger partial charge >= 0.3 is 13.6 Å². The van der Waals surface area contributed by atoms with E-state index in [9.17, 15) is 23.6 Å². The van der Waals surface area contributed by atoms with Crippen LogP contribution in [0.15, 0.2) is 46.5 Å². The Morgan fingerprint density at radius 3 is 2.61 bits per heavy atom. The molecule has 4 N–H and O–H groups in total. The SMILES string of the molecule is Nc1nc2c(ncn2[C@H]2CCC(COP(=O)(S)O[C@H]3C[C@H](n4cnc5ccccc5c4=O)O[C@@H]3COP(=O)(O)S)O2)c(=O)[nH]1. The van der Waals surface area contributed by atoms with E-state index in [2.05, 4.69) is 44.4 Å². The number of aromatic nitrogens is 6. The van der Waals surface area contributed by atoms with Crippen LogP contribution in [0.3, 0.4) is 0 Å². The Labute approximate surface area is 258 Å². The van der Waals surface area contributed by atoms with Crippen molar-refractivity contribution in [3.05, 3.63) is 57.6 Å². The Bertz CT molecular complexity index is 1920. The second-order valence-corrected chi connectivity index (χ2v) is 15.7. The number of para-hydroxylation sites is 1. The number of fused-ring (bicyclic) bond motifs is 2. The first-order valence-corrected chi connectivity index (χ1v) is 18.6. The lowest BCUT2D eigenvalue weighted by Crippen LogP contribution is -2.28. The van der Waals surface area contributed by atoms with Gasteiger partial charge in [0, 0.05) is 6.42 Å². The maximum absolute atomic E-state index is 13.3. The number of hydrogen-bond donors (Lipinski definition) is 5. The summed E-state index contributed by atoms with van der Waals surface area (Å²) in [6, 6.07) is 6.78. The summed E-state index contributed by atoms with van der Waals surface area (Å²) >= 11 is 7.64. The summed E-state index contributed by atoms with van der Waals surface area (Å²) in [5, 5.41) is 0.360. The molecule has 6 rings (SSSR count). The summed E-state index contributed by atoms with van der Waals surface area (Å²) in [5.41, 5.74) is 5.69. The van der Waals surface area contributed by atoms with Gasteiger partial charge in [0.25, 0.3) is 11.1 Å². The van der Waals surface area contributed by atoms with E-state index >= 15 is 0 Å². The molecule has 236 valence electrons. The zero-order valence-electron chi connectivity index (χ0n) is 22.6. The van der Waals surface area contributed by atoms with Crippen molar-refractivity contribution in [2.24, 2.45) is 0 Å². The minimum absolute atomic E-state index is 0.00483. The van der Waals surface area contributed by atoms with E-state index in [0.29, 0.717) is 23.7 Å². The van der Waals surface area contributed by atoms with Crippen molar-refractivity contribution < 1.29 is 37.1 Å². The van der Waals surface area contributed by atoms with E-state index in [4.69, 9.17) is 28.8 Å². The number of nitrogens with two attached hydrogens (primary N) is 1. The van der Waals surface area contributed by atoms with Gasteiger partial charge in [-0.3, -0.25) is 37.3 Å². The first kappa shape index (κ1) is 31.4. The van der Waals surface area contributed by atoms with E-state index in [1.165, 1.54) is 17.2 Å². The quantitative estimate of drug-likeness (QED) is 0.119. The van der Waals surface area contributed by atoms with Crippen LogP contribution in [-0.4, -0.2) is 65.5 Å². The number of nitrogen functional groups attached to an aromatic ring is 1. The molecule has 7 atom stereocenters. The second kappa shape index (κ2) is 12.3. The predicted octanol–water partition coefficient (Wildman–Crippen LogP) is 2.56. The molecule has 1 aromatic carbocycles. The predicted molar refractivity (Wildman–Crippen MR) is 162 cm³/mol. The van der Waals surface area contributed by atoms with Crippen LogP contribution in [0.5, 0.6) is 0 Å². The van der Waals surface area contributed by atoms with E-state index in [1.54, 1.807) is 28.8 Å². The second-order valence-electron chi connectivity index (χ2n) is 10.1. The Kier molecular flexibility index (Phi) is 8.80. The number of aromatic amines is 1. The van der Waals surface area contributed by atoms with Gasteiger partial charge in [-0.05, 0) is 25.0 Å². The number of benzene rings is 1. The fourth-order valence-electron chi connectivity index (χ4n) is 5.14. The highest BCUT2D eigenvalue weighted by Crippen LogP contribution is 2.57. The molecule has 2 aliphatic rings. The smallest absolute Gasteiger partial charge is 0.369 e. The van der Waals surface area contributed by atoms with Crippen molar-refractivity contribution in [1.82, 2.24) is 29.1 Å². The van der Waals surface area contributed by atoms with Crippen LogP contribution in [0.4, 0.5) is 5.95 Å². The number of anilines is 1. The molecular formula is C23H27N7O10P2S2. The van der Waals surface area contributed by atoms with Crippen LogP contribution in [0.1, 0.15) is 31.7 Å². The maximum Gasteiger partial charge on any atom is 0.386 e. The first-order valence-electron chi connectivity index (χ1n) is 13.2. The molecule has 0 spiro atoms. The van der Waals surface area contributed by atoms with Gasteiger partial charge in [0.15, 0.2) is 11.2 Å². The van der Waals surface area contributed by atoms with Gasteiger partial charge in [0.05, 0.1) is 36.5 Å². The molecule has 0 radical (unpaired) electrons. The minimum Gasteiger partial charge on any atom is -0.369 e. The number of rotatable bonds is 10. The lowest BCUT2D eigenvalue weighted by molar-refractivity contribution is -0.0411. The summed E-state index contributed by atoms with van der Waals surface area (Å²) in [4.78, 5) is 49.7. The van der Waals surface area contributed by atoms with E-state index in [1.807, 2.05) is 0 Å². The minimum atomic E-state index is -4.20. The van der Waals surface area contributed by atoms with Crippen molar-refractivity contribution >= 4 is 66.1 Å². The molecule has 3 unspecified atom stereocenters. The number of nitrogens with zero attached hydrogens (tertiary/aromatic N) is 5. The standard InChI is InChI=1S/C23H27N7O10P2S2/c24-23-27-20-19(21(31)28-23)26-11-29(20)17-6-5-12(38-17)8-37-42(35,44)40-15-7-18(39-16(15)9-36-41(33,34)43)30-10-25-14-4-2-1-3-13(14)22(30)32/h1-4,10-12,15-18H,5-9H2,(H,35,44)(H2,33,34,43)(H3,24,27,28,31)/t12?,15-,16+,17+,18+,42?/m0/s1. The zero-order chi connectivity index (χ0) is 31.2. The molecule has 2 saturated heterocycles. The first-order chi connectivity index (χ1) is 20.9. The van der Waals surface area contributed by atoms with Crippen LogP contribution >= 0.6 is 38.1 Å². The van der Waals surface area contributed by atoms with Crippen LogP contribution in [0.25, 0.3) is 22.1 Å². The molecule has 4 aromatic rings. The van der Waals surface area contributed by atoms with Gasteiger partial charge < -0.3 is 20.1 Å². The molecule has 17 nitrogen and oxygen atoms in total. The molecule has 2 aliphatic heterocycles. The molecule has 5 heterocycles. The van der Waals surface area contributed by atoms with Crippen molar-refractivity contribution in [2.45, 2.75) is 50.0 Å². The fourth-order valence-corrected chi connectivity index (χ4v) is 7.22. The third-order valence-corrected chi connectivity index (χ3v) is 9.60. The van der Waals surface area contributed by atoms with Gasteiger partial charge in [-0.25, -0.2) is 19.1 Å². The number of imidazole rings is 1. The van der Waals surface area contributed by atoms with Crippen molar-refractivity contribution in [3.8, 4) is 0 Å². The molecule has 0 aliphatic carbocycles. The number of nitrogens with one attached hydrogen (secondary N) is 1. The Balaban J connectivity index is 1.12. The highest BCUT2D eigenvalue weighted by molar-refractivity contribution is 8.44. The van der Waals surface area contributed by atoms with E-state index in [0.717, 1.165) is 0 Å². The van der Waals surface area contributed by atoms with Gasteiger partial charge in [0.1, 0.15) is 31.0 Å². The topological polar surface area (TPSA) is 225 Å². The highest BCUT2D eigenvalue weighted by atomic mass is 32.7. The Hall–Kier alpha value is -2.57.